The summed E-state index contributed by atoms with van der Waals surface area (Å²) < 4.78 is 0. The summed E-state index contributed by atoms with van der Waals surface area (Å²) in [6.07, 6.45) is 8.77. The molecular weight excluding hydrogens is 252 g/mol. The van der Waals surface area contributed by atoms with Crippen LogP contribution in [0.15, 0.2) is 4.99 Å². The Morgan fingerprint density at radius 2 is 1.68 bits per heavy atom. The molecule has 1 aliphatic carbocycles. The van der Waals surface area contributed by atoms with Crippen molar-refractivity contribution < 1.29 is 0 Å². The van der Waals surface area contributed by atoms with E-state index in [1.807, 2.05) is 0 Å². The van der Waals surface area contributed by atoms with Gasteiger partial charge in [0, 0.05) is 5.54 Å². The predicted molar refractivity (Wildman–Crippen MR) is 89.0 cm³/mol. The lowest BCUT2D eigenvalue weighted by Gasteiger charge is -2.36. The maximum Gasteiger partial charge on any atom is 0.156 e. The normalized spacial score (nSPS) is 29.4. The second-order valence-corrected chi connectivity index (χ2v) is 7.57. The van der Waals surface area contributed by atoms with Gasteiger partial charge in [-0.1, -0.05) is 44.9 Å². The molecule has 1 fully saturated rings. The van der Waals surface area contributed by atoms with E-state index in [9.17, 15) is 0 Å². The van der Waals surface area contributed by atoms with Crippen LogP contribution in [0.2, 0.25) is 0 Å². The van der Waals surface area contributed by atoms with Crippen LogP contribution in [0, 0.1) is 11.8 Å². The van der Waals surface area contributed by atoms with Crippen LogP contribution < -0.4 is 5.32 Å². The van der Waals surface area contributed by atoms with Crippen molar-refractivity contribution >= 4 is 16.9 Å². The number of nitrogens with zero attached hydrogens (tertiary/aromatic N) is 1. The molecular formula is C16H32N2S. The molecule has 0 aromatic carbocycles. The number of hydrogen-bond donors (Lipinski definition) is 1. The van der Waals surface area contributed by atoms with Crippen LogP contribution in [0.25, 0.3) is 0 Å². The SMILES string of the molecule is CCC1CCCC(CC)C1N=C(NC(C)(C)C)SC. The van der Waals surface area contributed by atoms with Gasteiger partial charge in [0.25, 0.3) is 0 Å². The van der Waals surface area contributed by atoms with Crippen molar-refractivity contribution in [2.45, 2.75) is 78.3 Å². The monoisotopic (exact) mass is 284 g/mol. The molecule has 2 unspecified atom stereocenters. The minimum Gasteiger partial charge on any atom is -0.360 e. The zero-order valence-electron chi connectivity index (χ0n) is 13.6. The highest BCUT2D eigenvalue weighted by atomic mass is 32.2. The lowest BCUT2D eigenvalue weighted by Crippen LogP contribution is -2.41. The summed E-state index contributed by atoms with van der Waals surface area (Å²) in [4.78, 5) is 5.11. The summed E-state index contributed by atoms with van der Waals surface area (Å²) in [5.41, 5.74) is 0.0972. The molecule has 0 saturated heterocycles. The second-order valence-electron chi connectivity index (χ2n) is 6.77. The van der Waals surface area contributed by atoms with E-state index in [-0.39, 0.29) is 5.54 Å². The average Bonchev–Trinajstić information content (AvgIpc) is 2.36. The van der Waals surface area contributed by atoms with Crippen molar-refractivity contribution in [3.8, 4) is 0 Å². The first-order valence-corrected chi connectivity index (χ1v) is 9.03. The van der Waals surface area contributed by atoms with Gasteiger partial charge in [0.05, 0.1) is 6.04 Å². The number of aliphatic imine (C=N–C) groups is 1. The molecule has 1 saturated carbocycles. The van der Waals surface area contributed by atoms with Crippen LogP contribution in [0.4, 0.5) is 0 Å². The average molecular weight is 285 g/mol. The van der Waals surface area contributed by atoms with Gasteiger partial charge in [0.2, 0.25) is 0 Å². The highest BCUT2D eigenvalue weighted by molar-refractivity contribution is 8.13. The molecule has 3 heteroatoms. The summed E-state index contributed by atoms with van der Waals surface area (Å²) in [7, 11) is 0. The van der Waals surface area contributed by atoms with Crippen LogP contribution in [0.5, 0.6) is 0 Å². The molecule has 1 rings (SSSR count). The molecule has 0 amide bonds. The zero-order chi connectivity index (χ0) is 14.5. The topological polar surface area (TPSA) is 24.4 Å². The van der Waals surface area contributed by atoms with Gasteiger partial charge in [-0.15, -0.1) is 0 Å². The van der Waals surface area contributed by atoms with Crippen molar-refractivity contribution in [2.75, 3.05) is 6.26 Å². The largest absolute Gasteiger partial charge is 0.360 e. The minimum atomic E-state index is 0.0972. The molecule has 1 aliphatic rings. The van der Waals surface area contributed by atoms with E-state index < -0.39 is 0 Å². The summed E-state index contributed by atoms with van der Waals surface area (Å²) in [5, 5.41) is 4.68. The van der Waals surface area contributed by atoms with Gasteiger partial charge in [-0.2, -0.15) is 0 Å². The van der Waals surface area contributed by atoms with Gasteiger partial charge in [-0.3, -0.25) is 4.99 Å². The van der Waals surface area contributed by atoms with E-state index in [1.165, 1.54) is 32.1 Å². The first-order valence-electron chi connectivity index (χ1n) is 7.81. The van der Waals surface area contributed by atoms with Crippen molar-refractivity contribution in [2.24, 2.45) is 16.8 Å². The summed E-state index contributed by atoms with van der Waals surface area (Å²) in [5.74, 6) is 1.56. The first-order chi connectivity index (χ1) is 8.91. The van der Waals surface area contributed by atoms with E-state index in [1.54, 1.807) is 11.8 Å². The van der Waals surface area contributed by atoms with Crippen LogP contribution in [-0.2, 0) is 0 Å². The molecule has 2 atom stereocenters. The van der Waals surface area contributed by atoms with E-state index >= 15 is 0 Å². The third-order valence-electron chi connectivity index (χ3n) is 4.11. The van der Waals surface area contributed by atoms with Crippen LogP contribution >= 0.6 is 11.8 Å². The molecule has 1 N–H and O–H groups in total. The Balaban J connectivity index is 2.86. The smallest absolute Gasteiger partial charge is 0.156 e. The quantitative estimate of drug-likeness (QED) is 0.600. The fourth-order valence-corrected chi connectivity index (χ4v) is 3.70. The van der Waals surface area contributed by atoms with Crippen LogP contribution in [0.3, 0.4) is 0 Å². The van der Waals surface area contributed by atoms with Gasteiger partial charge in [0.1, 0.15) is 0 Å². The van der Waals surface area contributed by atoms with E-state index in [0.717, 1.165) is 17.0 Å². The second kappa shape index (κ2) is 7.56. The Hall–Kier alpha value is -0.180. The molecule has 0 aliphatic heterocycles. The van der Waals surface area contributed by atoms with Crippen molar-refractivity contribution in [3.63, 3.8) is 0 Å². The Bertz CT molecular complexity index is 282. The van der Waals surface area contributed by atoms with Gasteiger partial charge < -0.3 is 5.32 Å². The molecule has 0 aromatic rings. The molecule has 0 radical (unpaired) electrons. The lowest BCUT2D eigenvalue weighted by atomic mass is 9.75. The molecule has 0 aromatic heterocycles. The van der Waals surface area contributed by atoms with Gasteiger partial charge >= 0.3 is 0 Å². The standard InChI is InChI=1S/C16H32N2S/c1-7-12-10-9-11-13(8-2)14(12)17-15(19-6)18-16(3,4)5/h12-14H,7-11H2,1-6H3,(H,17,18). The van der Waals surface area contributed by atoms with Crippen molar-refractivity contribution in [3.05, 3.63) is 0 Å². The molecule has 0 spiro atoms. The Kier molecular flexibility index (Phi) is 6.72. The first kappa shape index (κ1) is 16.9. The fraction of sp³-hybridized carbons (Fsp3) is 0.938. The fourth-order valence-electron chi connectivity index (χ4n) is 3.06. The zero-order valence-corrected chi connectivity index (χ0v) is 14.4. The van der Waals surface area contributed by atoms with Crippen molar-refractivity contribution in [1.82, 2.24) is 5.32 Å². The third-order valence-corrected chi connectivity index (χ3v) is 4.70. The minimum absolute atomic E-state index is 0.0972. The van der Waals surface area contributed by atoms with E-state index in [2.05, 4.69) is 46.2 Å². The Labute approximate surface area is 124 Å². The maximum atomic E-state index is 5.11. The number of rotatable bonds is 3. The number of nitrogens with one attached hydrogen (secondary N) is 1. The van der Waals surface area contributed by atoms with Crippen LogP contribution in [-0.4, -0.2) is 23.0 Å². The summed E-state index contributed by atoms with van der Waals surface area (Å²) >= 11 is 1.75. The van der Waals surface area contributed by atoms with E-state index in [4.69, 9.17) is 4.99 Å². The Morgan fingerprint density at radius 3 is 2.05 bits per heavy atom. The number of amidine groups is 1. The van der Waals surface area contributed by atoms with Crippen LogP contribution in [0.1, 0.15) is 66.7 Å². The van der Waals surface area contributed by atoms with Gasteiger partial charge in [0.15, 0.2) is 5.17 Å². The number of thioether (sulfide) groups is 1. The third kappa shape index (κ3) is 5.37. The molecule has 112 valence electrons. The van der Waals surface area contributed by atoms with Crippen molar-refractivity contribution in [1.29, 1.82) is 0 Å². The molecule has 19 heavy (non-hydrogen) atoms. The van der Waals surface area contributed by atoms with E-state index in [0.29, 0.717) is 6.04 Å². The van der Waals surface area contributed by atoms with Gasteiger partial charge in [-0.25, -0.2) is 0 Å². The summed E-state index contributed by atoms with van der Waals surface area (Å²) in [6.45, 7) is 11.2. The Morgan fingerprint density at radius 1 is 1.16 bits per heavy atom. The molecule has 0 bridgehead atoms. The molecule has 0 heterocycles. The highest BCUT2D eigenvalue weighted by Gasteiger charge is 2.31. The number of hydrogen-bond acceptors (Lipinski definition) is 2. The highest BCUT2D eigenvalue weighted by Crippen LogP contribution is 2.35. The summed E-state index contributed by atoms with van der Waals surface area (Å²) in [6, 6.07) is 0.529. The maximum absolute atomic E-state index is 5.11. The van der Waals surface area contributed by atoms with Gasteiger partial charge in [-0.05, 0) is 51.7 Å². The lowest BCUT2D eigenvalue weighted by molar-refractivity contribution is 0.212. The predicted octanol–water partition coefficient (Wildman–Crippen LogP) is 4.70. The molecule has 2 nitrogen and oxygen atoms in total.